The number of carbonyl (C=O) groups excluding carboxylic acids is 1. The number of nitrogens with zero attached hydrogens (tertiary/aromatic N) is 3. The van der Waals surface area contributed by atoms with Crippen molar-refractivity contribution < 1.29 is 4.79 Å². The van der Waals surface area contributed by atoms with E-state index in [1.54, 1.807) is 42.5 Å². The van der Waals surface area contributed by atoms with Crippen molar-refractivity contribution >= 4 is 61.8 Å². The molecule has 0 radical (unpaired) electrons. The molecule has 4 rings (SSSR count). The number of hydrogen-bond donors (Lipinski definition) is 1. The number of thioether (sulfide) groups is 1. The van der Waals surface area contributed by atoms with Crippen molar-refractivity contribution in [3.05, 3.63) is 98.2 Å². The van der Waals surface area contributed by atoms with Gasteiger partial charge in [0.15, 0.2) is 5.16 Å². The molecule has 0 aliphatic heterocycles. The molecule has 166 valence electrons. The highest BCUT2D eigenvalue weighted by molar-refractivity contribution is 9.10. The summed E-state index contributed by atoms with van der Waals surface area (Å²) in [6.45, 7) is 1.82. The Morgan fingerprint density at radius 2 is 1.88 bits per heavy atom. The second-order valence-electron chi connectivity index (χ2n) is 7.06. The monoisotopic (exact) mass is 540 g/mol. The first kappa shape index (κ1) is 23.2. The van der Waals surface area contributed by atoms with Gasteiger partial charge in [0, 0.05) is 9.50 Å². The van der Waals surface area contributed by atoms with E-state index in [1.807, 2.05) is 37.3 Å². The predicted octanol–water partition coefficient (Wildman–Crippen LogP) is 5.43. The molecule has 1 aromatic heterocycles. The number of para-hydroxylation sites is 1. The lowest BCUT2D eigenvalue weighted by molar-refractivity contribution is -0.118. The van der Waals surface area contributed by atoms with Crippen molar-refractivity contribution in [1.29, 1.82) is 0 Å². The molecule has 0 spiro atoms. The van der Waals surface area contributed by atoms with Crippen molar-refractivity contribution in [1.82, 2.24) is 15.0 Å². The average molecular weight is 542 g/mol. The molecule has 1 amide bonds. The van der Waals surface area contributed by atoms with Crippen LogP contribution in [0.3, 0.4) is 0 Å². The molecule has 0 bridgehead atoms. The number of halogens is 2. The summed E-state index contributed by atoms with van der Waals surface area (Å²) in [5, 5.41) is 5.65. The van der Waals surface area contributed by atoms with Crippen LogP contribution in [0.4, 0.5) is 0 Å². The van der Waals surface area contributed by atoms with Crippen molar-refractivity contribution in [2.24, 2.45) is 5.10 Å². The van der Waals surface area contributed by atoms with Gasteiger partial charge in [-0.25, -0.2) is 10.4 Å². The Bertz CT molecular complexity index is 1420. The van der Waals surface area contributed by atoms with Crippen molar-refractivity contribution in [2.75, 3.05) is 5.75 Å². The van der Waals surface area contributed by atoms with E-state index in [9.17, 15) is 9.59 Å². The molecule has 0 unspecified atom stereocenters. The van der Waals surface area contributed by atoms with Crippen molar-refractivity contribution in [3.8, 4) is 5.69 Å². The first-order valence-electron chi connectivity index (χ1n) is 9.92. The van der Waals surface area contributed by atoms with Gasteiger partial charge in [-0.3, -0.25) is 14.2 Å². The van der Waals surface area contributed by atoms with Gasteiger partial charge in [-0.2, -0.15) is 5.10 Å². The van der Waals surface area contributed by atoms with Gasteiger partial charge in [-0.15, -0.1) is 0 Å². The van der Waals surface area contributed by atoms with Gasteiger partial charge in [0.2, 0.25) is 0 Å². The lowest BCUT2D eigenvalue weighted by Gasteiger charge is -2.13. The zero-order valence-electron chi connectivity index (χ0n) is 17.5. The van der Waals surface area contributed by atoms with E-state index in [2.05, 4.69) is 31.4 Å². The lowest BCUT2D eigenvalue weighted by atomic mass is 10.1. The number of fused-ring (bicyclic) bond motifs is 1. The zero-order chi connectivity index (χ0) is 23.4. The van der Waals surface area contributed by atoms with Crippen LogP contribution in [0.1, 0.15) is 12.5 Å². The van der Waals surface area contributed by atoms with Gasteiger partial charge in [-0.05, 0) is 61.0 Å². The van der Waals surface area contributed by atoms with Crippen LogP contribution in [0, 0.1) is 0 Å². The fourth-order valence-corrected chi connectivity index (χ4v) is 4.44. The highest BCUT2D eigenvalue weighted by Crippen LogP contribution is 2.22. The van der Waals surface area contributed by atoms with E-state index in [1.165, 1.54) is 4.57 Å². The van der Waals surface area contributed by atoms with E-state index >= 15 is 0 Å². The molecule has 3 aromatic carbocycles. The van der Waals surface area contributed by atoms with Gasteiger partial charge in [-0.1, -0.05) is 63.6 Å². The SMILES string of the molecule is C/C(=N\NC(=O)CSc1nc2ccccc2c(=O)n1-c1ccc(Cl)cc1)c1cccc(Br)c1. The molecule has 9 heteroatoms. The fraction of sp³-hybridized carbons (Fsp3) is 0.0833. The second kappa shape index (κ2) is 10.3. The molecule has 1 heterocycles. The van der Waals surface area contributed by atoms with Gasteiger partial charge in [0.25, 0.3) is 11.5 Å². The summed E-state index contributed by atoms with van der Waals surface area (Å²) in [6, 6.07) is 21.7. The second-order valence-corrected chi connectivity index (χ2v) is 9.35. The molecule has 0 saturated heterocycles. The van der Waals surface area contributed by atoms with Crippen LogP contribution in [0.25, 0.3) is 16.6 Å². The van der Waals surface area contributed by atoms with Gasteiger partial charge in [0.05, 0.1) is 28.1 Å². The van der Waals surface area contributed by atoms with Crippen LogP contribution in [0.2, 0.25) is 5.02 Å². The van der Waals surface area contributed by atoms with Crippen molar-refractivity contribution in [2.45, 2.75) is 12.1 Å². The van der Waals surface area contributed by atoms with Crippen LogP contribution < -0.4 is 11.0 Å². The van der Waals surface area contributed by atoms with E-state index in [0.717, 1.165) is 21.8 Å². The summed E-state index contributed by atoms with van der Waals surface area (Å²) < 4.78 is 2.42. The summed E-state index contributed by atoms with van der Waals surface area (Å²) in [7, 11) is 0. The predicted molar refractivity (Wildman–Crippen MR) is 138 cm³/mol. The molecule has 0 aliphatic carbocycles. The molecule has 0 aliphatic rings. The van der Waals surface area contributed by atoms with Gasteiger partial charge < -0.3 is 0 Å². The Morgan fingerprint density at radius 3 is 2.64 bits per heavy atom. The number of hydrogen-bond acceptors (Lipinski definition) is 5. The Labute approximate surface area is 207 Å². The van der Waals surface area contributed by atoms with Crippen LogP contribution in [-0.4, -0.2) is 26.9 Å². The molecule has 6 nitrogen and oxygen atoms in total. The number of rotatable bonds is 6. The Balaban J connectivity index is 1.58. The topological polar surface area (TPSA) is 76.3 Å². The normalized spacial score (nSPS) is 11.5. The lowest BCUT2D eigenvalue weighted by Crippen LogP contribution is -2.24. The number of amides is 1. The third-order valence-corrected chi connectivity index (χ3v) is 6.44. The Morgan fingerprint density at radius 1 is 1.12 bits per heavy atom. The van der Waals surface area contributed by atoms with Crippen molar-refractivity contribution in [3.63, 3.8) is 0 Å². The Kier molecular flexibility index (Phi) is 7.27. The number of benzene rings is 3. The maximum atomic E-state index is 13.2. The minimum atomic E-state index is -0.306. The molecular formula is C24H18BrClN4O2S. The molecule has 1 N–H and O–H groups in total. The molecule has 4 aromatic rings. The summed E-state index contributed by atoms with van der Waals surface area (Å²) >= 11 is 10.6. The highest BCUT2D eigenvalue weighted by Gasteiger charge is 2.15. The standard InChI is InChI=1S/C24H18BrClN4O2S/c1-15(16-5-4-6-17(25)13-16)28-29-22(31)14-33-24-27-21-8-3-2-7-20(21)23(32)30(24)19-11-9-18(26)10-12-19/h2-13H,14H2,1H3,(H,29,31)/b28-15+. The maximum absolute atomic E-state index is 13.2. The number of hydrazone groups is 1. The number of carbonyl (C=O) groups is 1. The van der Waals surface area contributed by atoms with E-state index in [0.29, 0.717) is 32.5 Å². The Hall–Kier alpha value is -2.94. The van der Waals surface area contributed by atoms with E-state index < -0.39 is 0 Å². The average Bonchev–Trinajstić information content (AvgIpc) is 2.82. The van der Waals surface area contributed by atoms with Crippen LogP contribution in [0.5, 0.6) is 0 Å². The summed E-state index contributed by atoms with van der Waals surface area (Å²) in [5.74, 6) is -0.271. The van der Waals surface area contributed by atoms with Gasteiger partial charge >= 0.3 is 0 Å². The van der Waals surface area contributed by atoms with Gasteiger partial charge in [0.1, 0.15) is 0 Å². The first-order valence-corrected chi connectivity index (χ1v) is 12.1. The number of aromatic nitrogens is 2. The zero-order valence-corrected chi connectivity index (χ0v) is 20.6. The maximum Gasteiger partial charge on any atom is 0.266 e. The summed E-state index contributed by atoms with van der Waals surface area (Å²) in [6.07, 6.45) is 0. The third kappa shape index (κ3) is 5.52. The largest absolute Gasteiger partial charge is 0.272 e. The third-order valence-electron chi connectivity index (χ3n) is 4.75. The first-order chi connectivity index (χ1) is 15.9. The molecule has 0 fully saturated rings. The quantitative estimate of drug-likeness (QED) is 0.153. The molecule has 33 heavy (non-hydrogen) atoms. The number of nitrogens with one attached hydrogen (secondary N) is 1. The summed E-state index contributed by atoms with van der Waals surface area (Å²) in [5.41, 5.74) is 5.11. The smallest absolute Gasteiger partial charge is 0.266 e. The van der Waals surface area contributed by atoms with Crippen LogP contribution in [-0.2, 0) is 4.79 Å². The fourth-order valence-electron chi connectivity index (χ4n) is 3.11. The van der Waals surface area contributed by atoms with E-state index in [-0.39, 0.29) is 17.2 Å². The minimum absolute atomic E-state index is 0.0354. The van der Waals surface area contributed by atoms with Crippen LogP contribution in [0.15, 0.2) is 92.3 Å². The molecular weight excluding hydrogens is 524 g/mol. The molecule has 0 saturated carbocycles. The highest BCUT2D eigenvalue weighted by atomic mass is 79.9. The minimum Gasteiger partial charge on any atom is -0.272 e. The van der Waals surface area contributed by atoms with E-state index in [4.69, 9.17) is 11.6 Å². The molecule has 0 atom stereocenters. The summed E-state index contributed by atoms with van der Waals surface area (Å²) in [4.78, 5) is 30.3. The van der Waals surface area contributed by atoms with Crippen LogP contribution >= 0.6 is 39.3 Å².